The van der Waals surface area contributed by atoms with Crippen LogP contribution >= 0.6 is 11.8 Å². The Balaban J connectivity index is 1.74. The molecule has 0 unspecified atom stereocenters. The highest BCUT2D eigenvalue weighted by Gasteiger charge is 2.21. The summed E-state index contributed by atoms with van der Waals surface area (Å²) < 4.78 is 12.1. The Morgan fingerprint density at radius 2 is 2.07 bits per heavy atom. The zero-order chi connectivity index (χ0) is 19.4. The molecule has 2 aromatic heterocycles. The summed E-state index contributed by atoms with van der Waals surface area (Å²) in [6.07, 6.45) is 0. The minimum absolute atomic E-state index is 0.176. The lowest BCUT2D eigenvalue weighted by atomic mass is 10.2. The van der Waals surface area contributed by atoms with E-state index in [1.54, 1.807) is 20.1 Å². The first-order chi connectivity index (χ1) is 13.0. The van der Waals surface area contributed by atoms with Gasteiger partial charge >= 0.3 is 0 Å². The molecule has 1 amide bonds. The molecule has 0 saturated heterocycles. The first-order valence-electron chi connectivity index (χ1n) is 8.50. The largest absolute Gasteiger partial charge is 0.497 e. The number of nitrogens with one attached hydrogen (secondary N) is 1. The monoisotopic (exact) mass is 387 g/mol. The summed E-state index contributed by atoms with van der Waals surface area (Å²) in [6, 6.07) is 9.31. The predicted octanol–water partition coefficient (Wildman–Crippen LogP) is 3.39. The molecule has 3 rings (SSSR count). The highest BCUT2D eigenvalue weighted by atomic mass is 32.2. The summed E-state index contributed by atoms with van der Waals surface area (Å²) in [7, 11) is 1.63. The van der Waals surface area contributed by atoms with E-state index in [2.05, 4.69) is 20.7 Å². The third-order valence-electron chi connectivity index (χ3n) is 3.91. The third-order valence-corrected chi connectivity index (χ3v) is 4.99. The number of rotatable bonds is 7. The van der Waals surface area contributed by atoms with E-state index in [1.165, 1.54) is 11.8 Å². The summed E-state index contributed by atoms with van der Waals surface area (Å²) in [6.45, 7) is 6.29. The second-order valence-corrected chi connectivity index (χ2v) is 7.16. The van der Waals surface area contributed by atoms with Gasteiger partial charge in [-0.05, 0) is 45.0 Å². The van der Waals surface area contributed by atoms with Crippen molar-refractivity contribution in [1.82, 2.24) is 19.9 Å². The molecular formula is C18H21N5O3S. The number of hydrogen-bond donors (Lipinski definition) is 1. The molecule has 0 saturated carbocycles. The number of aromatic nitrogens is 4. The van der Waals surface area contributed by atoms with Gasteiger partial charge in [0.05, 0.1) is 12.4 Å². The zero-order valence-electron chi connectivity index (χ0n) is 15.6. The second-order valence-electron chi connectivity index (χ2n) is 5.85. The number of carbonyl (C=O) groups excluding carboxylic acids is 1. The van der Waals surface area contributed by atoms with Crippen LogP contribution in [0, 0.1) is 6.92 Å². The number of ether oxygens (including phenoxy) is 1. The van der Waals surface area contributed by atoms with Gasteiger partial charge < -0.3 is 19.1 Å². The number of thioether (sulfide) groups is 1. The number of nitrogens with zero attached hydrogens (tertiary/aromatic N) is 4. The fraction of sp³-hybridized carbons (Fsp3) is 0.333. The zero-order valence-corrected chi connectivity index (χ0v) is 16.4. The lowest BCUT2D eigenvalue weighted by Crippen LogP contribution is -2.23. The molecule has 0 aliphatic carbocycles. The van der Waals surface area contributed by atoms with Crippen LogP contribution in [0.5, 0.6) is 5.75 Å². The van der Waals surface area contributed by atoms with Crippen LogP contribution in [-0.4, -0.2) is 38.2 Å². The van der Waals surface area contributed by atoms with Gasteiger partial charge in [0.25, 0.3) is 0 Å². The Hall–Kier alpha value is -2.81. The van der Waals surface area contributed by atoms with Gasteiger partial charge in [-0.1, -0.05) is 16.9 Å². The van der Waals surface area contributed by atoms with Crippen molar-refractivity contribution in [2.24, 2.45) is 0 Å². The van der Waals surface area contributed by atoms with Crippen molar-refractivity contribution < 1.29 is 14.1 Å². The SMILES string of the molecule is CCn1c(S[C@@H](C)C(=O)Nc2cc(C)on2)nnc1-c1ccc(OC)cc1. The van der Waals surface area contributed by atoms with E-state index in [0.29, 0.717) is 23.3 Å². The van der Waals surface area contributed by atoms with Crippen LogP contribution in [0.4, 0.5) is 5.82 Å². The quantitative estimate of drug-likeness (QED) is 0.621. The molecule has 2 heterocycles. The lowest BCUT2D eigenvalue weighted by molar-refractivity contribution is -0.115. The fourth-order valence-corrected chi connectivity index (χ4v) is 3.39. The molecule has 8 nitrogen and oxygen atoms in total. The summed E-state index contributed by atoms with van der Waals surface area (Å²) in [5, 5.41) is 15.4. The average molecular weight is 387 g/mol. The lowest BCUT2D eigenvalue weighted by Gasteiger charge is -2.11. The van der Waals surface area contributed by atoms with Gasteiger partial charge in [-0.3, -0.25) is 4.79 Å². The Labute approximate surface area is 161 Å². The third kappa shape index (κ3) is 4.30. The maximum absolute atomic E-state index is 12.4. The van der Waals surface area contributed by atoms with Crippen molar-refractivity contribution >= 4 is 23.5 Å². The molecule has 142 valence electrons. The molecule has 1 aromatic carbocycles. The van der Waals surface area contributed by atoms with Crippen molar-refractivity contribution in [2.75, 3.05) is 12.4 Å². The molecular weight excluding hydrogens is 366 g/mol. The van der Waals surface area contributed by atoms with Gasteiger partial charge in [-0.2, -0.15) is 0 Å². The Bertz CT molecular complexity index is 919. The summed E-state index contributed by atoms with van der Waals surface area (Å²) in [5.74, 6) is 2.40. The topological polar surface area (TPSA) is 95.1 Å². The summed E-state index contributed by atoms with van der Waals surface area (Å²) in [4.78, 5) is 12.4. The van der Waals surface area contributed by atoms with E-state index in [-0.39, 0.29) is 11.2 Å². The first kappa shape index (κ1) is 19.0. The molecule has 3 aromatic rings. The Morgan fingerprint density at radius 1 is 1.33 bits per heavy atom. The number of benzene rings is 1. The summed E-state index contributed by atoms with van der Waals surface area (Å²) in [5.41, 5.74) is 0.937. The fourth-order valence-electron chi connectivity index (χ4n) is 2.48. The number of methoxy groups -OCH3 is 1. The van der Waals surface area contributed by atoms with Crippen LogP contribution in [0.3, 0.4) is 0 Å². The highest BCUT2D eigenvalue weighted by molar-refractivity contribution is 8.00. The minimum atomic E-state index is -0.375. The molecule has 1 atom stereocenters. The molecule has 9 heteroatoms. The van der Waals surface area contributed by atoms with Crippen molar-refractivity contribution in [3.8, 4) is 17.1 Å². The van der Waals surface area contributed by atoms with E-state index in [0.717, 1.165) is 17.1 Å². The maximum atomic E-state index is 12.4. The predicted molar refractivity (Wildman–Crippen MR) is 103 cm³/mol. The van der Waals surface area contributed by atoms with Crippen molar-refractivity contribution in [1.29, 1.82) is 0 Å². The van der Waals surface area contributed by atoms with E-state index in [1.807, 2.05) is 42.7 Å². The first-order valence-corrected chi connectivity index (χ1v) is 9.38. The Morgan fingerprint density at radius 3 is 2.67 bits per heavy atom. The van der Waals surface area contributed by atoms with Crippen molar-refractivity contribution in [3.63, 3.8) is 0 Å². The number of aryl methyl sites for hydroxylation is 1. The van der Waals surface area contributed by atoms with Crippen LogP contribution in [0.2, 0.25) is 0 Å². The smallest absolute Gasteiger partial charge is 0.238 e. The van der Waals surface area contributed by atoms with Gasteiger partial charge in [-0.15, -0.1) is 10.2 Å². The molecule has 1 N–H and O–H groups in total. The number of carbonyl (C=O) groups is 1. The van der Waals surface area contributed by atoms with E-state index < -0.39 is 0 Å². The minimum Gasteiger partial charge on any atom is -0.497 e. The van der Waals surface area contributed by atoms with Crippen molar-refractivity contribution in [2.45, 2.75) is 37.7 Å². The normalized spacial score (nSPS) is 12.0. The molecule has 0 bridgehead atoms. The summed E-state index contributed by atoms with van der Waals surface area (Å²) >= 11 is 1.35. The van der Waals surface area contributed by atoms with E-state index in [9.17, 15) is 4.79 Å². The van der Waals surface area contributed by atoms with Crippen LogP contribution < -0.4 is 10.1 Å². The van der Waals surface area contributed by atoms with Gasteiger partial charge in [0.1, 0.15) is 11.5 Å². The van der Waals surface area contributed by atoms with Gasteiger partial charge in [0.15, 0.2) is 16.8 Å². The highest BCUT2D eigenvalue weighted by Crippen LogP contribution is 2.28. The standard InChI is InChI=1S/C18H21N5O3S/c1-5-23-16(13-6-8-14(25-4)9-7-13)20-21-18(23)27-12(3)17(24)19-15-10-11(2)26-22-15/h6-10,12H,5H2,1-4H3,(H,19,22,24)/t12-/m0/s1. The number of amides is 1. The molecule has 27 heavy (non-hydrogen) atoms. The molecule has 0 spiro atoms. The number of hydrogen-bond acceptors (Lipinski definition) is 7. The second kappa shape index (κ2) is 8.26. The van der Waals surface area contributed by atoms with E-state index >= 15 is 0 Å². The molecule has 0 aliphatic heterocycles. The van der Waals surface area contributed by atoms with Crippen LogP contribution in [0.25, 0.3) is 11.4 Å². The Kier molecular flexibility index (Phi) is 5.80. The van der Waals surface area contributed by atoms with E-state index in [4.69, 9.17) is 9.26 Å². The van der Waals surface area contributed by atoms with Gasteiger partial charge in [0, 0.05) is 18.2 Å². The van der Waals surface area contributed by atoms with Crippen molar-refractivity contribution in [3.05, 3.63) is 36.1 Å². The number of anilines is 1. The van der Waals surface area contributed by atoms with Crippen LogP contribution in [0.15, 0.2) is 40.0 Å². The molecule has 0 fully saturated rings. The molecule has 0 radical (unpaired) electrons. The van der Waals surface area contributed by atoms with Gasteiger partial charge in [0.2, 0.25) is 5.91 Å². The average Bonchev–Trinajstić information content (AvgIpc) is 3.27. The van der Waals surface area contributed by atoms with Crippen LogP contribution in [-0.2, 0) is 11.3 Å². The van der Waals surface area contributed by atoms with Gasteiger partial charge in [-0.25, -0.2) is 0 Å². The molecule has 0 aliphatic rings. The maximum Gasteiger partial charge on any atom is 0.238 e. The van der Waals surface area contributed by atoms with Crippen LogP contribution in [0.1, 0.15) is 19.6 Å².